The largest absolute Gasteiger partial charge is 0.456 e. The summed E-state index contributed by atoms with van der Waals surface area (Å²) in [7, 11) is 0. The monoisotopic (exact) mass is 405 g/mol. The van der Waals surface area contributed by atoms with Crippen molar-refractivity contribution in [2.45, 2.75) is 34.2 Å². The van der Waals surface area contributed by atoms with E-state index in [1.54, 1.807) is 12.1 Å². The van der Waals surface area contributed by atoms with Crippen molar-refractivity contribution in [2.75, 3.05) is 6.61 Å². The molecule has 0 radical (unpaired) electrons. The third kappa shape index (κ3) is 3.54. The molecule has 3 aromatic heterocycles. The van der Waals surface area contributed by atoms with Gasteiger partial charge in [-0.2, -0.15) is 0 Å². The van der Waals surface area contributed by atoms with Crippen molar-refractivity contribution in [2.24, 2.45) is 0 Å². The van der Waals surface area contributed by atoms with Crippen molar-refractivity contribution in [1.82, 2.24) is 14.3 Å². The van der Waals surface area contributed by atoms with E-state index in [1.165, 1.54) is 0 Å². The number of fused-ring (bicyclic) bond motifs is 1. The number of benzene rings is 1. The summed E-state index contributed by atoms with van der Waals surface area (Å²) in [6.45, 7) is 7.23. The summed E-state index contributed by atoms with van der Waals surface area (Å²) in [5.41, 5.74) is 4.01. The van der Waals surface area contributed by atoms with Crippen LogP contribution < -0.4 is 0 Å². The van der Waals surface area contributed by atoms with E-state index in [1.807, 2.05) is 67.2 Å². The molecule has 3 heterocycles. The lowest BCUT2D eigenvalue weighted by Crippen LogP contribution is -2.19. The number of esters is 1. The van der Waals surface area contributed by atoms with Crippen molar-refractivity contribution < 1.29 is 18.8 Å². The average Bonchev–Trinajstić information content (AvgIpc) is 3.36. The molecule has 0 saturated carbocycles. The first-order valence-electron chi connectivity index (χ1n) is 9.71. The van der Waals surface area contributed by atoms with Gasteiger partial charge in [0.15, 0.2) is 12.4 Å². The molecule has 154 valence electrons. The van der Waals surface area contributed by atoms with Crippen LogP contribution in [-0.4, -0.2) is 32.7 Å². The van der Waals surface area contributed by atoms with Crippen LogP contribution in [0, 0.1) is 27.7 Å². The highest BCUT2D eigenvalue weighted by Crippen LogP contribution is 2.22. The van der Waals surface area contributed by atoms with Crippen LogP contribution in [0.5, 0.6) is 0 Å². The predicted molar refractivity (Wildman–Crippen MR) is 112 cm³/mol. The quantitative estimate of drug-likeness (QED) is 0.357. The van der Waals surface area contributed by atoms with Crippen LogP contribution in [0.15, 0.2) is 47.0 Å². The Morgan fingerprint density at radius 2 is 1.80 bits per heavy atom. The number of rotatable bonds is 6. The fourth-order valence-electron chi connectivity index (χ4n) is 3.81. The van der Waals surface area contributed by atoms with Gasteiger partial charge in [0, 0.05) is 34.2 Å². The predicted octanol–water partition coefficient (Wildman–Crippen LogP) is 4.08. The summed E-state index contributed by atoms with van der Waals surface area (Å²) < 4.78 is 14.2. The van der Waals surface area contributed by atoms with Gasteiger partial charge in [-0.1, -0.05) is 23.4 Å². The molecule has 0 aliphatic rings. The molecule has 0 aliphatic heterocycles. The number of ketones is 1. The van der Waals surface area contributed by atoms with Gasteiger partial charge >= 0.3 is 5.97 Å². The van der Waals surface area contributed by atoms with Crippen LogP contribution in [0.25, 0.3) is 16.7 Å². The van der Waals surface area contributed by atoms with E-state index in [4.69, 9.17) is 9.26 Å². The lowest BCUT2D eigenvalue weighted by atomic mass is 10.1. The zero-order valence-electron chi connectivity index (χ0n) is 17.4. The number of nitrogens with zero attached hydrogens (tertiary/aromatic N) is 3. The molecular formula is C23H23N3O4. The molecule has 0 aliphatic carbocycles. The van der Waals surface area contributed by atoms with Crippen molar-refractivity contribution >= 4 is 22.7 Å². The first kappa shape index (κ1) is 19.7. The molecule has 0 N–H and O–H groups in total. The van der Waals surface area contributed by atoms with E-state index in [2.05, 4.69) is 5.16 Å². The summed E-state index contributed by atoms with van der Waals surface area (Å²) in [6, 6.07) is 13.5. The highest BCUT2D eigenvalue weighted by Gasteiger charge is 2.20. The number of ether oxygens (including phenoxy) is 1. The summed E-state index contributed by atoms with van der Waals surface area (Å²) in [6.07, 6.45) is 0. The molecule has 0 spiro atoms. The minimum absolute atomic E-state index is 0.0594. The summed E-state index contributed by atoms with van der Waals surface area (Å²) in [5, 5.41) is 5.08. The standard InChI is InChI=1S/C23H23N3O4/c1-14-9-18-7-5-6-8-20(18)25(14)12-23(28)29-13-21(27)19-10-15(2)26(17(19)4)22-11-16(3)30-24-22/h5-11H,12-13H2,1-4H3. The Morgan fingerprint density at radius 1 is 1.03 bits per heavy atom. The maximum atomic E-state index is 12.7. The molecule has 1 aromatic carbocycles. The van der Waals surface area contributed by atoms with Gasteiger partial charge in [0.1, 0.15) is 12.3 Å². The molecule has 0 atom stereocenters. The second-order valence-corrected chi connectivity index (χ2v) is 7.43. The van der Waals surface area contributed by atoms with Gasteiger partial charge in [-0.25, -0.2) is 0 Å². The van der Waals surface area contributed by atoms with Crippen LogP contribution in [0.2, 0.25) is 0 Å². The number of aromatic nitrogens is 3. The molecule has 0 saturated heterocycles. The zero-order chi connectivity index (χ0) is 21.4. The van der Waals surface area contributed by atoms with Crippen LogP contribution in [0.1, 0.15) is 33.2 Å². The van der Waals surface area contributed by atoms with E-state index in [0.717, 1.165) is 28.0 Å². The molecule has 7 nitrogen and oxygen atoms in total. The Morgan fingerprint density at radius 3 is 2.53 bits per heavy atom. The van der Waals surface area contributed by atoms with Gasteiger partial charge in [0.05, 0.1) is 0 Å². The van der Waals surface area contributed by atoms with E-state index in [-0.39, 0.29) is 18.9 Å². The van der Waals surface area contributed by atoms with Crippen molar-refractivity contribution in [3.05, 3.63) is 70.9 Å². The zero-order valence-corrected chi connectivity index (χ0v) is 17.4. The lowest BCUT2D eigenvalue weighted by molar-refractivity contribution is -0.143. The number of hydrogen-bond acceptors (Lipinski definition) is 5. The fourth-order valence-corrected chi connectivity index (χ4v) is 3.81. The number of carbonyl (C=O) groups excluding carboxylic acids is 2. The van der Waals surface area contributed by atoms with E-state index in [0.29, 0.717) is 17.1 Å². The van der Waals surface area contributed by atoms with Crippen LogP contribution in [0.3, 0.4) is 0 Å². The molecule has 4 rings (SSSR count). The molecule has 0 unspecified atom stereocenters. The molecule has 4 aromatic rings. The van der Waals surface area contributed by atoms with Crippen LogP contribution in [0.4, 0.5) is 0 Å². The molecule has 7 heteroatoms. The van der Waals surface area contributed by atoms with Gasteiger partial charge in [0.25, 0.3) is 0 Å². The highest BCUT2D eigenvalue weighted by atomic mass is 16.5. The fraction of sp³-hybridized carbons (Fsp3) is 0.261. The number of para-hydroxylation sites is 1. The van der Waals surface area contributed by atoms with Crippen molar-refractivity contribution in [3.63, 3.8) is 0 Å². The molecular weight excluding hydrogens is 382 g/mol. The maximum Gasteiger partial charge on any atom is 0.326 e. The Labute approximate surface area is 173 Å². The molecule has 0 bridgehead atoms. The van der Waals surface area contributed by atoms with Gasteiger partial charge in [-0.3, -0.25) is 14.2 Å². The Bertz CT molecular complexity index is 1260. The maximum absolute atomic E-state index is 12.7. The second-order valence-electron chi connectivity index (χ2n) is 7.43. The normalized spacial score (nSPS) is 11.2. The van der Waals surface area contributed by atoms with Crippen molar-refractivity contribution in [3.8, 4) is 5.82 Å². The third-order valence-electron chi connectivity index (χ3n) is 5.25. The number of hydrogen-bond donors (Lipinski definition) is 0. The van der Waals surface area contributed by atoms with Crippen LogP contribution >= 0.6 is 0 Å². The Balaban J connectivity index is 1.46. The van der Waals surface area contributed by atoms with E-state index >= 15 is 0 Å². The first-order chi connectivity index (χ1) is 14.3. The van der Waals surface area contributed by atoms with Crippen LogP contribution in [-0.2, 0) is 16.1 Å². The minimum Gasteiger partial charge on any atom is -0.456 e. The highest BCUT2D eigenvalue weighted by molar-refractivity contribution is 5.99. The smallest absolute Gasteiger partial charge is 0.326 e. The van der Waals surface area contributed by atoms with E-state index in [9.17, 15) is 9.59 Å². The Kier molecular flexibility index (Phi) is 5.03. The molecule has 30 heavy (non-hydrogen) atoms. The summed E-state index contributed by atoms with van der Waals surface area (Å²) >= 11 is 0. The summed E-state index contributed by atoms with van der Waals surface area (Å²) in [5.74, 6) is 0.603. The lowest BCUT2D eigenvalue weighted by Gasteiger charge is -2.09. The topological polar surface area (TPSA) is 79.3 Å². The second kappa shape index (κ2) is 7.67. The number of Topliss-reactive ketones (excluding diaryl/α,β-unsaturated/α-hetero) is 1. The number of aryl methyl sites for hydroxylation is 3. The van der Waals surface area contributed by atoms with Crippen molar-refractivity contribution in [1.29, 1.82) is 0 Å². The summed E-state index contributed by atoms with van der Waals surface area (Å²) in [4.78, 5) is 25.1. The van der Waals surface area contributed by atoms with Gasteiger partial charge in [-0.05, 0) is 51.3 Å². The van der Waals surface area contributed by atoms with E-state index < -0.39 is 5.97 Å². The van der Waals surface area contributed by atoms with Gasteiger partial charge in [-0.15, -0.1) is 0 Å². The molecule has 0 fully saturated rings. The van der Waals surface area contributed by atoms with Gasteiger partial charge < -0.3 is 13.8 Å². The first-order valence-corrected chi connectivity index (χ1v) is 9.71. The average molecular weight is 405 g/mol. The molecule has 0 amide bonds. The minimum atomic E-state index is -0.450. The number of carbonyl (C=O) groups is 2. The SMILES string of the molecule is Cc1cc(-n2c(C)cc(C(=O)COC(=O)Cn3c(C)cc4ccccc43)c2C)no1. The Hall–Kier alpha value is -3.61. The van der Waals surface area contributed by atoms with Gasteiger partial charge in [0.2, 0.25) is 5.78 Å². The third-order valence-corrected chi connectivity index (χ3v) is 5.25.